The van der Waals surface area contributed by atoms with Crippen LogP contribution in [0.3, 0.4) is 0 Å². The van der Waals surface area contributed by atoms with E-state index in [-0.39, 0.29) is 0 Å². The highest BCUT2D eigenvalue weighted by Gasteiger charge is 2.48. The van der Waals surface area contributed by atoms with Crippen LogP contribution in [0, 0.1) is 23.7 Å². The van der Waals surface area contributed by atoms with Crippen molar-refractivity contribution in [2.45, 2.75) is 44.2 Å². The van der Waals surface area contributed by atoms with Gasteiger partial charge in [-0.05, 0) is 55.8 Å². The second kappa shape index (κ2) is 4.77. The first kappa shape index (κ1) is 11.7. The first-order chi connectivity index (χ1) is 8.88. The van der Waals surface area contributed by atoms with Crippen molar-refractivity contribution in [3.63, 3.8) is 0 Å². The molecule has 4 aliphatic carbocycles. The quantitative estimate of drug-likeness (QED) is 0.830. The highest BCUT2D eigenvalue weighted by Crippen LogP contribution is 2.54. The first-order valence-corrected chi connectivity index (χ1v) is 7.81. The second-order valence-corrected chi connectivity index (χ2v) is 6.95. The third kappa shape index (κ3) is 2.10. The maximum Gasteiger partial charge on any atom is 0.0646 e. The van der Waals surface area contributed by atoms with Crippen LogP contribution in [0.1, 0.15) is 32.1 Å². The molecule has 1 atom stereocenters. The number of hydrogen-bond acceptors (Lipinski definition) is 3. The summed E-state index contributed by atoms with van der Waals surface area (Å²) in [5.74, 6) is 3.85. The van der Waals surface area contributed by atoms with Crippen LogP contribution in [0.25, 0.3) is 0 Å². The minimum absolute atomic E-state index is 0.427. The normalized spacial score (nSPS) is 50.7. The monoisotopic (exact) mass is 251 g/mol. The molecule has 1 saturated heterocycles. The molecule has 1 unspecified atom stereocenters. The molecule has 5 fully saturated rings. The second-order valence-electron chi connectivity index (χ2n) is 6.95. The molecule has 1 aliphatic heterocycles. The van der Waals surface area contributed by atoms with Gasteiger partial charge in [-0.15, -0.1) is 0 Å². The van der Waals surface area contributed by atoms with E-state index < -0.39 is 0 Å². The number of morpholine rings is 1. The van der Waals surface area contributed by atoms with E-state index >= 15 is 0 Å². The summed E-state index contributed by atoms with van der Waals surface area (Å²) in [5.41, 5.74) is 0. The highest BCUT2D eigenvalue weighted by atomic mass is 16.5. The Morgan fingerprint density at radius 1 is 1.00 bits per heavy atom. The summed E-state index contributed by atoms with van der Waals surface area (Å²) in [7, 11) is 0. The summed E-state index contributed by atoms with van der Waals surface area (Å²) in [4.78, 5) is 0. The standard InChI is InChI=1S/C15H25NO2/c1-2-17-8-14(16-1)9-18-15-12-4-10-3-11(6-12)7-13(15)5-10/h10-16H,1-9H2. The minimum atomic E-state index is 0.427. The summed E-state index contributed by atoms with van der Waals surface area (Å²) >= 11 is 0. The Kier molecular flexibility index (Phi) is 3.10. The van der Waals surface area contributed by atoms with Crippen molar-refractivity contribution in [2.75, 3.05) is 26.4 Å². The van der Waals surface area contributed by atoms with Crippen LogP contribution in [0.5, 0.6) is 0 Å². The summed E-state index contributed by atoms with van der Waals surface area (Å²) < 4.78 is 11.8. The molecule has 5 aliphatic rings. The summed E-state index contributed by atoms with van der Waals surface area (Å²) in [5, 5.41) is 3.49. The van der Waals surface area contributed by atoms with Gasteiger partial charge in [-0.1, -0.05) is 0 Å². The Hall–Kier alpha value is -0.120. The first-order valence-electron chi connectivity index (χ1n) is 7.81. The predicted molar refractivity (Wildman–Crippen MR) is 69.4 cm³/mol. The molecular formula is C15H25NO2. The predicted octanol–water partition coefficient (Wildman–Crippen LogP) is 1.82. The van der Waals surface area contributed by atoms with Gasteiger partial charge in [0, 0.05) is 6.54 Å². The van der Waals surface area contributed by atoms with Crippen molar-refractivity contribution >= 4 is 0 Å². The third-order valence-corrected chi connectivity index (χ3v) is 5.63. The Balaban J connectivity index is 1.34. The van der Waals surface area contributed by atoms with E-state index in [1.165, 1.54) is 32.1 Å². The summed E-state index contributed by atoms with van der Waals surface area (Å²) in [6.45, 7) is 3.52. The van der Waals surface area contributed by atoms with Crippen molar-refractivity contribution in [1.29, 1.82) is 0 Å². The maximum atomic E-state index is 6.32. The van der Waals surface area contributed by atoms with Gasteiger partial charge in [0.05, 0.1) is 32.0 Å². The van der Waals surface area contributed by atoms with Gasteiger partial charge >= 0.3 is 0 Å². The van der Waals surface area contributed by atoms with Crippen molar-refractivity contribution in [3.05, 3.63) is 0 Å². The Labute approximate surface area is 110 Å². The van der Waals surface area contributed by atoms with E-state index in [0.717, 1.165) is 50.0 Å². The highest BCUT2D eigenvalue weighted by molar-refractivity contribution is 4.99. The van der Waals surface area contributed by atoms with Gasteiger partial charge in [0.15, 0.2) is 0 Å². The van der Waals surface area contributed by atoms with Gasteiger partial charge in [-0.3, -0.25) is 0 Å². The summed E-state index contributed by atoms with van der Waals surface area (Å²) in [6.07, 6.45) is 7.90. The SMILES string of the molecule is C1COCC(COC2C3CC4CC(C3)CC2C4)N1. The Bertz CT molecular complexity index is 273. The van der Waals surface area contributed by atoms with Gasteiger partial charge in [0.1, 0.15) is 0 Å². The zero-order valence-electron chi connectivity index (χ0n) is 11.1. The van der Waals surface area contributed by atoms with Gasteiger partial charge < -0.3 is 14.8 Å². The summed E-state index contributed by atoms with van der Waals surface area (Å²) in [6, 6.07) is 0.427. The molecule has 0 aromatic rings. The van der Waals surface area contributed by atoms with Gasteiger partial charge in [0.2, 0.25) is 0 Å². The fourth-order valence-corrected chi connectivity index (χ4v) is 5.10. The molecule has 0 radical (unpaired) electrons. The molecule has 0 aromatic heterocycles. The molecule has 1 heterocycles. The molecule has 0 spiro atoms. The van der Waals surface area contributed by atoms with Gasteiger partial charge in [-0.25, -0.2) is 0 Å². The van der Waals surface area contributed by atoms with Crippen LogP contribution in [0.2, 0.25) is 0 Å². The van der Waals surface area contributed by atoms with E-state index in [9.17, 15) is 0 Å². The van der Waals surface area contributed by atoms with Gasteiger partial charge in [0.25, 0.3) is 0 Å². The molecule has 4 saturated carbocycles. The van der Waals surface area contributed by atoms with E-state index in [4.69, 9.17) is 9.47 Å². The van der Waals surface area contributed by atoms with E-state index in [2.05, 4.69) is 5.32 Å². The number of hydrogen-bond donors (Lipinski definition) is 1. The van der Waals surface area contributed by atoms with Crippen LogP contribution >= 0.6 is 0 Å². The molecule has 4 bridgehead atoms. The van der Waals surface area contributed by atoms with Crippen LogP contribution in [-0.2, 0) is 9.47 Å². The van der Waals surface area contributed by atoms with E-state index in [1.807, 2.05) is 0 Å². The van der Waals surface area contributed by atoms with E-state index in [0.29, 0.717) is 12.1 Å². The molecule has 5 rings (SSSR count). The molecule has 102 valence electrons. The largest absolute Gasteiger partial charge is 0.378 e. The average molecular weight is 251 g/mol. The molecule has 0 amide bonds. The Morgan fingerprint density at radius 2 is 1.72 bits per heavy atom. The number of nitrogens with one attached hydrogen (secondary N) is 1. The van der Waals surface area contributed by atoms with E-state index in [1.54, 1.807) is 0 Å². The number of ether oxygens (including phenoxy) is 2. The van der Waals surface area contributed by atoms with Crippen LogP contribution in [0.15, 0.2) is 0 Å². The fraction of sp³-hybridized carbons (Fsp3) is 1.00. The van der Waals surface area contributed by atoms with Crippen LogP contribution in [-0.4, -0.2) is 38.5 Å². The van der Waals surface area contributed by atoms with Crippen molar-refractivity contribution in [1.82, 2.24) is 5.32 Å². The molecule has 1 N–H and O–H groups in total. The van der Waals surface area contributed by atoms with Gasteiger partial charge in [-0.2, -0.15) is 0 Å². The number of rotatable bonds is 3. The van der Waals surface area contributed by atoms with Crippen LogP contribution < -0.4 is 5.32 Å². The van der Waals surface area contributed by atoms with Crippen molar-refractivity contribution in [3.8, 4) is 0 Å². The lowest BCUT2D eigenvalue weighted by molar-refractivity contribution is -0.134. The molecule has 3 nitrogen and oxygen atoms in total. The smallest absolute Gasteiger partial charge is 0.0646 e. The van der Waals surface area contributed by atoms with Crippen molar-refractivity contribution < 1.29 is 9.47 Å². The van der Waals surface area contributed by atoms with Crippen molar-refractivity contribution in [2.24, 2.45) is 23.7 Å². The zero-order valence-corrected chi connectivity index (χ0v) is 11.1. The minimum Gasteiger partial charge on any atom is -0.378 e. The Morgan fingerprint density at radius 3 is 2.33 bits per heavy atom. The molecule has 18 heavy (non-hydrogen) atoms. The third-order valence-electron chi connectivity index (χ3n) is 5.63. The van der Waals surface area contributed by atoms with Crippen LogP contribution in [0.4, 0.5) is 0 Å². The maximum absolute atomic E-state index is 6.32. The molecule has 3 heteroatoms. The zero-order chi connectivity index (χ0) is 11.9. The fourth-order valence-electron chi connectivity index (χ4n) is 5.10. The molecular weight excluding hydrogens is 226 g/mol. The lowest BCUT2D eigenvalue weighted by atomic mass is 9.55. The lowest BCUT2D eigenvalue weighted by Gasteiger charge is -2.54. The lowest BCUT2D eigenvalue weighted by Crippen LogP contribution is -2.51. The average Bonchev–Trinajstić information content (AvgIpc) is 2.38. The topological polar surface area (TPSA) is 30.5 Å². The molecule has 0 aromatic carbocycles.